The quantitative estimate of drug-likeness (QED) is 0.347. The van der Waals surface area contributed by atoms with E-state index in [2.05, 4.69) is 44.3 Å². The number of aryl methyl sites for hydroxylation is 1. The highest BCUT2D eigenvalue weighted by atomic mass is 35.5. The molecule has 0 radical (unpaired) electrons. The number of anilines is 1. The highest BCUT2D eigenvalue weighted by molar-refractivity contribution is 6.31. The first kappa shape index (κ1) is 23.0. The normalized spacial score (nSPS) is 18.1. The maximum absolute atomic E-state index is 14.7. The molecule has 1 saturated heterocycles. The number of hydrogen-bond donors (Lipinski definition) is 3. The molecule has 1 aliphatic rings. The summed E-state index contributed by atoms with van der Waals surface area (Å²) >= 11 is 6.10. The zero-order valence-electron chi connectivity index (χ0n) is 19.0. The number of halogens is 2. The van der Waals surface area contributed by atoms with Gasteiger partial charge in [0, 0.05) is 48.9 Å². The Morgan fingerprint density at radius 3 is 2.94 bits per heavy atom. The lowest BCUT2D eigenvalue weighted by atomic mass is 9.79. The molecule has 4 aromatic rings. The predicted octanol–water partition coefficient (Wildman–Crippen LogP) is 5.32. The van der Waals surface area contributed by atoms with Crippen molar-refractivity contribution in [1.82, 2.24) is 24.8 Å². The molecule has 0 bridgehead atoms. The van der Waals surface area contributed by atoms with Crippen LogP contribution in [0.5, 0.6) is 0 Å². The van der Waals surface area contributed by atoms with Crippen LogP contribution in [-0.4, -0.2) is 55.7 Å². The van der Waals surface area contributed by atoms with E-state index in [1.165, 1.54) is 16.7 Å². The third kappa shape index (κ3) is 4.64. The Morgan fingerprint density at radius 1 is 1.31 bits per heavy atom. The van der Waals surface area contributed by atoms with E-state index < -0.39 is 11.9 Å². The Labute approximate surface area is 206 Å². The van der Waals surface area contributed by atoms with E-state index in [0.29, 0.717) is 48.1 Å². The number of aromatic amines is 1. The van der Waals surface area contributed by atoms with Gasteiger partial charge in [-0.3, -0.25) is 0 Å². The van der Waals surface area contributed by atoms with Crippen molar-refractivity contribution in [3.8, 4) is 11.4 Å². The standard InChI is InChI=1S/C25H24ClFN6O2/c1-14-4-2-3-5-17(14)18-6-7-33(25(34)35)13-15(18)9-28-24-21(27)12-31-23(32-24)20-11-30-22-19(20)8-16(26)10-29-22/h2-5,8,10-12,15,18H,6-7,9,13H2,1H3,(H,29,30)(H,34,35)(H,28,31,32)/t15-,18?/m1/s1. The Bertz CT molecular complexity index is 1390. The number of amides is 1. The van der Waals surface area contributed by atoms with E-state index >= 15 is 0 Å². The summed E-state index contributed by atoms with van der Waals surface area (Å²) in [6.07, 6.45) is 4.14. The third-order valence-corrected chi connectivity index (χ3v) is 6.81. The molecule has 4 heterocycles. The van der Waals surface area contributed by atoms with Gasteiger partial charge in [0.15, 0.2) is 17.5 Å². The van der Waals surface area contributed by atoms with Crippen LogP contribution in [0.3, 0.4) is 0 Å². The van der Waals surface area contributed by atoms with Crippen molar-refractivity contribution >= 4 is 34.5 Å². The number of hydrogen-bond acceptors (Lipinski definition) is 5. The number of H-pyrrole nitrogens is 1. The van der Waals surface area contributed by atoms with Crippen molar-refractivity contribution in [2.75, 3.05) is 25.0 Å². The van der Waals surface area contributed by atoms with Gasteiger partial charge in [-0.25, -0.2) is 24.1 Å². The molecule has 0 spiro atoms. The molecule has 1 aromatic carbocycles. The molecule has 3 aromatic heterocycles. The van der Waals surface area contributed by atoms with Crippen molar-refractivity contribution < 1.29 is 14.3 Å². The van der Waals surface area contributed by atoms with E-state index in [-0.39, 0.29) is 17.7 Å². The number of nitrogens with one attached hydrogen (secondary N) is 2. The van der Waals surface area contributed by atoms with E-state index in [4.69, 9.17) is 11.6 Å². The van der Waals surface area contributed by atoms with Gasteiger partial charge in [-0.2, -0.15) is 0 Å². The first-order valence-electron chi connectivity index (χ1n) is 11.3. The first-order valence-corrected chi connectivity index (χ1v) is 11.7. The lowest BCUT2D eigenvalue weighted by molar-refractivity contribution is 0.115. The molecule has 8 nitrogen and oxygen atoms in total. The van der Waals surface area contributed by atoms with Crippen LogP contribution in [0, 0.1) is 18.7 Å². The summed E-state index contributed by atoms with van der Waals surface area (Å²) in [4.78, 5) is 29.0. The van der Waals surface area contributed by atoms with Crippen LogP contribution in [0.4, 0.5) is 15.0 Å². The third-order valence-electron chi connectivity index (χ3n) is 6.61. The number of carbonyl (C=O) groups is 1. The zero-order valence-corrected chi connectivity index (χ0v) is 19.8. The average Bonchev–Trinajstić information content (AvgIpc) is 3.27. The maximum atomic E-state index is 14.7. The number of fused-ring (bicyclic) bond motifs is 1. The monoisotopic (exact) mass is 494 g/mol. The fraction of sp³-hybridized carbons (Fsp3) is 0.280. The number of aromatic nitrogens is 4. The number of pyridine rings is 1. The van der Waals surface area contributed by atoms with E-state index in [1.807, 2.05) is 12.1 Å². The van der Waals surface area contributed by atoms with Crippen LogP contribution in [-0.2, 0) is 0 Å². The highest BCUT2D eigenvalue weighted by Gasteiger charge is 2.33. The summed E-state index contributed by atoms with van der Waals surface area (Å²) in [7, 11) is 0. The Balaban J connectivity index is 1.42. The van der Waals surface area contributed by atoms with Gasteiger partial charge >= 0.3 is 6.09 Å². The average molecular weight is 495 g/mol. The van der Waals surface area contributed by atoms with Gasteiger partial charge in [0.05, 0.1) is 11.2 Å². The Hall–Kier alpha value is -3.72. The van der Waals surface area contributed by atoms with Gasteiger partial charge in [-0.15, -0.1) is 0 Å². The molecule has 0 saturated carbocycles. The van der Waals surface area contributed by atoms with Crippen molar-refractivity contribution in [1.29, 1.82) is 0 Å². The van der Waals surface area contributed by atoms with E-state index in [0.717, 1.165) is 17.1 Å². The Morgan fingerprint density at radius 2 is 2.14 bits per heavy atom. The van der Waals surface area contributed by atoms with Gasteiger partial charge in [-0.1, -0.05) is 35.9 Å². The van der Waals surface area contributed by atoms with Crippen LogP contribution < -0.4 is 5.32 Å². The number of carboxylic acid groups (broad SMARTS) is 1. The minimum absolute atomic E-state index is 0.0603. The lowest BCUT2D eigenvalue weighted by Gasteiger charge is -2.38. The van der Waals surface area contributed by atoms with Gasteiger partial charge < -0.3 is 20.3 Å². The molecule has 35 heavy (non-hydrogen) atoms. The minimum atomic E-state index is -0.944. The fourth-order valence-corrected chi connectivity index (χ4v) is 4.99. The second-order valence-electron chi connectivity index (χ2n) is 8.76. The lowest BCUT2D eigenvalue weighted by Crippen LogP contribution is -2.44. The SMILES string of the molecule is Cc1ccccc1C1CCN(C(=O)O)C[C@H]1CNc1nc(-c2c[nH]c3ncc(Cl)cc23)ncc1F. The molecular weight excluding hydrogens is 471 g/mol. The molecule has 2 atom stereocenters. The van der Waals surface area contributed by atoms with Crippen molar-refractivity contribution in [3.63, 3.8) is 0 Å². The summed E-state index contributed by atoms with van der Waals surface area (Å²) < 4.78 is 14.7. The molecule has 1 unspecified atom stereocenters. The van der Waals surface area contributed by atoms with Gasteiger partial charge in [-0.05, 0) is 36.5 Å². The molecular formula is C25H24ClFN6O2. The molecule has 1 amide bonds. The van der Waals surface area contributed by atoms with Crippen molar-refractivity contribution in [2.24, 2.45) is 5.92 Å². The van der Waals surface area contributed by atoms with Crippen LogP contribution in [0.25, 0.3) is 22.4 Å². The number of nitrogens with zero attached hydrogens (tertiary/aromatic N) is 4. The molecule has 1 aliphatic heterocycles. The van der Waals surface area contributed by atoms with Gasteiger partial charge in [0.1, 0.15) is 5.65 Å². The molecule has 5 rings (SSSR count). The summed E-state index contributed by atoms with van der Waals surface area (Å²) in [5.74, 6) is -0.103. The maximum Gasteiger partial charge on any atom is 0.407 e. The fourth-order valence-electron chi connectivity index (χ4n) is 4.84. The highest BCUT2D eigenvalue weighted by Crippen LogP contribution is 2.35. The minimum Gasteiger partial charge on any atom is -0.465 e. The smallest absolute Gasteiger partial charge is 0.407 e. The number of benzene rings is 1. The van der Waals surface area contributed by atoms with Crippen LogP contribution >= 0.6 is 11.6 Å². The second kappa shape index (κ2) is 9.50. The summed E-state index contributed by atoms with van der Waals surface area (Å²) in [6.45, 7) is 3.24. The van der Waals surface area contributed by atoms with Gasteiger partial charge in [0.2, 0.25) is 0 Å². The second-order valence-corrected chi connectivity index (χ2v) is 9.20. The molecule has 3 N–H and O–H groups in total. The van der Waals surface area contributed by atoms with E-state index in [9.17, 15) is 14.3 Å². The topological polar surface area (TPSA) is 107 Å². The number of rotatable bonds is 5. The first-order chi connectivity index (χ1) is 16.9. The van der Waals surface area contributed by atoms with Crippen LogP contribution in [0.1, 0.15) is 23.5 Å². The number of piperidine rings is 1. The Kier molecular flexibility index (Phi) is 6.25. The predicted molar refractivity (Wildman–Crippen MR) is 132 cm³/mol. The number of likely N-dealkylation sites (tertiary alicyclic amines) is 1. The van der Waals surface area contributed by atoms with Crippen LogP contribution in [0.15, 0.2) is 48.9 Å². The van der Waals surface area contributed by atoms with Crippen molar-refractivity contribution in [2.45, 2.75) is 19.3 Å². The summed E-state index contributed by atoms with van der Waals surface area (Å²) in [6, 6.07) is 9.88. The molecule has 1 fully saturated rings. The molecule has 180 valence electrons. The van der Waals surface area contributed by atoms with Crippen LogP contribution in [0.2, 0.25) is 5.02 Å². The van der Waals surface area contributed by atoms with Gasteiger partial charge in [0.25, 0.3) is 0 Å². The molecule has 0 aliphatic carbocycles. The summed E-state index contributed by atoms with van der Waals surface area (Å²) in [5, 5.41) is 13.9. The van der Waals surface area contributed by atoms with Crippen molar-refractivity contribution in [3.05, 3.63) is 70.9 Å². The largest absolute Gasteiger partial charge is 0.465 e. The summed E-state index contributed by atoms with van der Waals surface area (Å²) in [5.41, 5.74) is 3.64. The van der Waals surface area contributed by atoms with E-state index in [1.54, 1.807) is 12.3 Å². The zero-order chi connectivity index (χ0) is 24.5. The molecule has 10 heteroatoms.